The Morgan fingerprint density at radius 3 is 2.81 bits per heavy atom. The second-order valence-corrected chi connectivity index (χ2v) is 5.51. The highest BCUT2D eigenvalue weighted by molar-refractivity contribution is 5.92. The molecule has 0 heterocycles. The number of nitrogens with one attached hydrogen (secondary N) is 1. The van der Waals surface area contributed by atoms with Gasteiger partial charge in [-0.2, -0.15) is 0 Å². The molecule has 116 valence electrons. The van der Waals surface area contributed by atoms with Crippen molar-refractivity contribution >= 4 is 11.6 Å². The zero-order valence-electron chi connectivity index (χ0n) is 12.0. The van der Waals surface area contributed by atoms with Gasteiger partial charge in [-0.3, -0.25) is 9.69 Å². The van der Waals surface area contributed by atoms with E-state index < -0.39 is 23.6 Å². The Morgan fingerprint density at radius 1 is 1.38 bits per heavy atom. The molecule has 2 unspecified atom stereocenters. The number of likely N-dealkylation sites (N-methyl/N-ethyl adjacent to an activating group) is 1. The van der Waals surface area contributed by atoms with Gasteiger partial charge in [-0.25, -0.2) is 8.78 Å². The molecule has 1 aromatic rings. The minimum Gasteiger partial charge on any atom is -0.391 e. The molecule has 0 bridgehead atoms. The SMILES string of the molecule is CN(CC(=O)Nc1cc(F)ccc1F)C1CCCCC1O. The van der Waals surface area contributed by atoms with Gasteiger partial charge in [0.05, 0.1) is 18.3 Å². The number of nitrogens with zero attached hydrogens (tertiary/aromatic N) is 1. The van der Waals surface area contributed by atoms with Crippen LogP contribution in [0.25, 0.3) is 0 Å². The first-order chi connectivity index (χ1) is 9.97. The van der Waals surface area contributed by atoms with Crippen LogP contribution in [0.4, 0.5) is 14.5 Å². The molecule has 1 aromatic carbocycles. The normalized spacial score (nSPS) is 22.3. The van der Waals surface area contributed by atoms with Crippen molar-refractivity contribution in [3.63, 3.8) is 0 Å². The molecule has 0 saturated heterocycles. The molecule has 0 radical (unpaired) electrons. The highest BCUT2D eigenvalue weighted by Crippen LogP contribution is 2.22. The van der Waals surface area contributed by atoms with Crippen LogP contribution in [0.2, 0.25) is 0 Å². The van der Waals surface area contributed by atoms with E-state index in [-0.39, 0.29) is 18.3 Å². The van der Waals surface area contributed by atoms with E-state index >= 15 is 0 Å². The largest absolute Gasteiger partial charge is 0.391 e. The van der Waals surface area contributed by atoms with Crippen LogP contribution < -0.4 is 5.32 Å². The molecule has 1 aliphatic carbocycles. The summed E-state index contributed by atoms with van der Waals surface area (Å²) in [5.74, 6) is -1.72. The van der Waals surface area contributed by atoms with E-state index in [2.05, 4.69) is 5.32 Å². The van der Waals surface area contributed by atoms with Crippen LogP contribution in [-0.2, 0) is 4.79 Å². The van der Waals surface area contributed by atoms with E-state index in [0.29, 0.717) is 0 Å². The van der Waals surface area contributed by atoms with E-state index in [1.165, 1.54) is 0 Å². The minimum absolute atomic E-state index is 0.0255. The van der Waals surface area contributed by atoms with Crippen molar-refractivity contribution in [3.8, 4) is 0 Å². The lowest BCUT2D eigenvalue weighted by molar-refractivity contribution is -0.118. The Balaban J connectivity index is 1.93. The van der Waals surface area contributed by atoms with Crippen LogP contribution in [0.1, 0.15) is 25.7 Å². The molecule has 0 spiro atoms. The van der Waals surface area contributed by atoms with E-state index in [4.69, 9.17) is 0 Å². The van der Waals surface area contributed by atoms with Crippen LogP contribution in [-0.4, -0.2) is 41.7 Å². The average Bonchev–Trinajstić information content (AvgIpc) is 2.43. The molecule has 1 aliphatic rings. The second kappa shape index (κ2) is 6.95. The maximum Gasteiger partial charge on any atom is 0.238 e. The molecule has 2 N–H and O–H groups in total. The van der Waals surface area contributed by atoms with E-state index in [0.717, 1.165) is 43.9 Å². The molecule has 2 rings (SSSR count). The predicted molar refractivity (Wildman–Crippen MR) is 75.9 cm³/mol. The van der Waals surface area contributed by atoms with E-state index in [1.807, 2.05) is 0 Å². The van der Waals surface area contributed by atoms with E-state index in [1.54, 1.807) is 11.9 Å². The number of anilines is 1. The van der Waals surface area contributed by atoms with Crippen LogP contribution in [0, 0.1) is 11.6 Å². The quantitative estimate of drug-likeness (QED) is 0.895. The second-order valence-electron chi connectivity index (χ2n) is 5.51. The van der Waals surface area contributed by atoms with Gasteiger partial charge in [0.1, 0.15) is 11.6 Å². The number of halogens is 2. The zero-order chi connectivity index (χ0) is 15.4. The fraction of sp³-hybridized carbons (Fsp3) is 0.533. The third-order valence-corrected chi connectivity index (χ3v) is 3.86. The van der Waals surface area contributed by atoms with E-state index in [9.17, 15) is 18.7 Å². The fourth-order valence-corrected chi connectivity index (χ4v) is 2.73. The minimum atomic E-state index is -0.676. The standard InChI is InChI=1S/C15H20F2N2O2/c1-19(13-4-2-3-5-14(13)20)9-15(21)18-12-8-10(16)6-7-11(12)17/h6-8,13-14,20H,2-5,9H2,1H3,(H,18,21). The van der Waals surface area contributed by atoms with Crippen molar-refractivity contribution in [2.45, 2.75) is 37.8 Å². The zero-order valence-corrected chi connectivity index (χ0v) is 12.0. The molecular formula is C15H20F2N2O2. The van der Waals surface area contributed by atoms with Crippen molar-refractivity contribution in [3.05, 3.63) is 29.8 Å². The van der Waals surface area contributed by atoms with Gasteiger partial charge in [-0.15, -0.1) is 0 Å². The Hall–Kier alpha value is -1.53. The van der Waals surface area contributed by atoms with Gasteiger partial charge < -0.3 is 10.4 Å². The molecule has 21 heavy (non-hydrogen) atoms. The van der Waals surface area contributed by atoms with Gasteiger partial charge in [-0.05, 0) is 32.0 Å². The average molecular weight is 298 g/mol. The fourth-order valence-electron chi connectivity index (χ4n) is 2.73. The molecule has 2 atom stereocenters. The van der Waals surface area contributed by atoms with Crippen LogP contribution in [0.5, 0.6) is 0 Å². The topological polar surface area (TPSA) is 52.6 Å². The smallest absolute Gasteiger partial charge is 0.238 e. The summed E-state index contributed by atoms with van der Waals surface area (Å²) in [5.41, 5.74) is -0.169. The summed E-state index contributed by atoms with van der Waals surface area (Å²) in [6, 6.07) is 2.85. The summed E-state index contributed by atoms with van der Waals surface area (Å²) in [5, 5.41) is 12.3. The van der Waals surface area contributed by atoms with Crippen molar-refractivity contribution in [2.75, 3.05) is 18.9 Å². The lowest BCUT2D eigenvalue weighted by atomic mass is 9.91. The molecule has 1 amide bonds. The maximum atomic E-state index is 13.4. The van der Waals surface area contributed by atoms with Crippen molar-refractivity contribution in [1.82, 2.24) is 4.90 Å². The third-order valence-electron chi connectivity index (χ3n) is 3.86. The molecular weight excluding hydrogens is 278 g/mol. The number of rotatable bonds is 4. The summed E-state index contributed by atoms with van der Waals surface area (Å²) >= 11 is 0. The summed E-state index contributed by atoms with van der Waals surface area (Å²) < 4.78 is 26.5. The third kappa shape index (κ3) is 4.22. The summed E-state index contributed by atoms with van der Waals surface area (Å²) in [6.07, 6.45) is 3.13. The van der Waals surface area contributed by atoms with Crippen LogP contribution in [0.15, 0.2) is 18.2 Å². The number of hydrogen-bond donors (Lipinski definition) is 2. The molecule has 0 aromatic heterocycles. The van der Waals surface area contributed by atoms with Crippen molar-refractivity contribution in [1.29, 1.82) is 0 Å². The molecule has 6 heteroatoms. The lowest BCUT2D eigenvalue weighted by Crippen LogP contribution is -2.46. The number of amides is 1. The summed E-state index contributed by atoms with van der Waals surface area (Å²) in [7, 11) is 1.75. The number of carbonyl (C=O) groups is 1. The van der Waals surface area contributed by atoms with Gasteiger partial charge in [-0.1, -0.05) is 12.8 Å². The molecule has 0 aliphatic heterocycles. The highest BCUT2D eigenvalue weighted by atomic mass is 19.1. The number of hydrogen-bond acceptors (Lipinski definition) is 3. The van der Waals surface area contributed by atoms with Gasteiger partial charge in [0.25, 0.3) is 0 Å². The highest BCUT2D eigenvalue weighted by Gasteiger charge is 2.27. The van der Waals surface area contributed by atoms with Gasteiger partial charge in [0.2, 0.25) is 5.91 Å². The lowest BCUT2D eigenvalue weighted by Gasteiger charge is -2.34. The maximum absolute atomic E-state index is 13.4. The molecule has 1 saturated carbocycles. The first-order valence-corrected chi connectivity index (χ1v) is 7.10. The Bertz CT molecular complexity index is 510. The number of carbonyl (C=O) groups excluding carboxylic acids is 1. The Morgan fingerprint density at radius 2 is 2.10 bits per heavy atom. The summed E-state index contributed by atoms with van der Waals surface area (Å²) in [4.78, 5) is 13.7. The van der Waals surface area contributed by atoms with Gasteiger partial charge in [0.15, 0.2) is 0 Å². The van der Waals surface area contributed by atoms with Crippen molar-refractivity contribution in [2.24, 2.45) is 0 Å². The van der Waals surface area contributed by atoms with Crippen LogP contribution >= 0.6 is 0 Å². The summed E-state index contributed by atoms with van der Waals surface area (Å²) in [6.45, 7) is 0.0255. The Kier molecular flexibility index (Phi) is 5.25. The van der Waals surface area contributed by atoms with Gasteiger partial charge >= 0.3 is 0 Å². The van der Waals surface area contributed by atoms with Crippen LogP contribution in [0.3, 0.4) is 0 Å². The predicted octanol–water partition coefficient (Wildman–Crippen LogP) is 2.14. The number of aliphatic hydroxyl groups excluding tert-OH is 1. The number of aliphatic hydroxyl groups is 1. The molecule has 4 nitrogen and oxygen atoms in total. The van der Waals surface area contributed by atoms with Crippen molar-refractivity contribution < 1.29 is 18.7 Å². The molecule has 1 fully saturated rings. The monoisotopic (exact) mass is 298 g/mol. The number of benzene rings is 1. The Labute approximate surface area is 122 Å². The van der Waals surface area contributed by atoms with Gasteiger partial charge in [0, 0.05) is 12.1 Å². The first kappa shape index (κ1) is 15.9. The first-order valence-electron chi connectivity index (χ1n) is 7.10.